The summed E-state index contributed by atoms with van der Waals surface area (Å²) in [7, 11) is 0. The highest BCUT2D eigenvalue weighted by Crippen LogP contribution is 2.34. The first-order valence-corrected chi connectivity index (χ1v) is 9.70. The number of benzene rings is 1. The second-order valence-corrected chi connectivity index (χ2v) is 7.64. The predicted octanol–water partition coefficient (Wildman–Crippen LogP) is 3.71. The molecule has 1 aromatic carbocycles. The first-order valence-electron chi connectivity index (χ1n) is 8.88. The highest BCUT2D eigenvalue weighted by Gasteiger charge is 2.24. The van der Waals surface area contributed by atoms with Crippen LogP contribution in [-0.2, 0) is 0 Å². The molecule has 27 heavy (non-hydrogen) atoms. The summed E-state index contributed by atoms with van der Waals surface area (Å²) in [6.07, 6.45) is 6.36. The zero-order valence-corrected chi connectivity index (χ0v) is 15.3. The van der Waals surface area contributed by atoms with Crippen LogP contribution in [0.4, 0.5) is 5.69 Å². The lowest BCUT2D eigenvalue weighted by Crippen LogP contribution is -2.35. The number of thiophene rings is 1. The molecule has 4 heterocycles. The number of carbonyl (C=O) groups excluding carboxylic acids is 1. The third-order valence-electron chi connectivity index (χ3n) is 4.90. The lowest BCUT2D eigenvalue weighted by atomic mass is 10.1. The molecule has 0 bridgehead atoms. The molecule has 0 atom stereocenters. The van der Waals surface area contributed by atoms with Crippen LogP contribution in [0.3, 0.4) is 0 Å². The number of nitrogens with two attached hydrogens (primary N) is 1. The number of amides is 1. The fourth-order valence-electron chi connectivity index (χ4n) is 3.44. The molecule has 1 fully saturated rings. The lowest BCUT2D eigenvalue weighted by Gasteiger charge is -2.26. The van der Waals surface area contributed by atoms with Crippen LogP contribution in [0.2, 0.25) is 0 Å². The average molecular weight is 379 g/mol. The van der Waals surface area contributed by atoms with E-state index in [0.717, 1.165) is 37.0 Å². The highest BCUT2D eigenvalue weighted by atomic mass is 32.1. The molecule has 2 N–H and O–H groups in total. The second-order valence-electron chi connectivity index (χ2n) is 6.64. The molecule has 0 spiro atoms. The van der Waals surface area contributed by atoms with Gasteiger partial charge in [-0.05, 0) is 31.4 Å². The minimum atomic E-state index is -0.0124. The summed E-state index contributed by atoms with van der Waals surface area (Å²) in [4.78, 5) is 29.2. The third-order valence-corrected chi connectivity index (χ3v) is 5.98. The highest BCUT2D eigenvalue weighted by molar-refractivity contribution is 7.21. The van der Waals surface area contributed by atoms with Crippen molar-refractivity contribution in [3.63, 3.8) is 0 Å². The number of nitrogen functional groups attached to an aromatic ring is 1. The van der Waals surface area contributed by atoms with Gasteiger partial charge in [0.1, 0.15) is 20.7 Å². The summed E-state index contributed by atoms with van der Waals surface area (Å²) in [6, 6.07) is 5.69. The van der Waals surface area contributed by atoms with E-state index in [2.05, 4.69) is 15.0 Å². The number of anilines is 1. The Kier molecular flexibility index (Phi) is 3.78. The summed E-state index contributed by atoms with van der Waals surface area (Å²) in [5.41, 5.74) is 10.3. The van der Waals surface area contributed by atoms with E-state index in [-0.39, 0.29) is 5.91 Å². The first kappa shape index (κ1) is 16.2. The zero-order chi connectivity index (χ0) is 18.4. The van der Waals surface area contributed by atoms with E-state index in [1.807, 2.05) is 23.1 Å². The monoisotopic (exact) mass is 379 g/mol. The Labute approximate surface area is 158 Å². The lowest BCUT2D eigenvalue weighted by molar-refractivity contribution is 0.0730. The van der Waals surface area contributed by atoms with Gasteiger partial charge in [-0.1, -0.05) is 6.07 Å². The molecule has 136 valence electrons. The van der Waals surface area contributed by atoms with Crippen molar-refractivity contribution in [2.75, 3.05) is 18.8 Å². The minimum absolute atomic E-state index is 0.0124. The molecule has 0 unspecified atom stereocenters. The standard InChI is InChI=1S/C19H17N5O2S/c20-15-16-18(27-17(15)19(25)24-6-2-1-3-7-24)23-13(9-21-16)11-4-5-12-14(8-11)26-10-22-12/h4-5,8-10H,1-3,6-7,20H2. The molecule has 1 aliphatic rings. The quantitative estimate of drug-likeness (QED) is 0.570. The topological polar surface area (TPSA) is 98.1 Å². The Morgan fingerprint density at radius 2 is 2.04 bits per heavy atom. The molecular formula is C19H17N5O2S. The fraction of sp³-hybridized carbons (Fsp3) is 0.263. The summed E-state index contributed by atoms with van der Waals surface area (Å²) in [6.45, 7) is 1.58. The molecule has 4 aromatic rings. The Morgan fingerprint density at radius 1 is 1.19 bits per heavy atom. The maximum Gasteiger partial charge on any atom is 0.266 e. The summed E-state index contributed by atoms with van der Waals surface area (Å²) in [5, 5.41) is 0. The zero-order valence-electron chi connectivity index (χ0n) is 14.5. The van der Waals surface area contributed by atoms with Crippen LogP contribution in [0.15, 0.2) is 35.2 Å². The fourth-order valence-corrected chi connectivity index (χ4v) is 4.46. The van der Waals surface area contributed by atoms with Crippen molar-refractivity contribution in [2.24, 2.45) is 0 Å². The molecule has 0 radical (unpaired) electrons. The van der Waals surface area contributed by atoms with Gasteiger partial charge in [0.2, 0.25) is 0 Å². The summed E-state index contributed by atoms with van der Waals surface area (Å²) >= 11 is 1.31. The number of likely N-dealkylation sites (tertiary alicyclic amines) is 1. The van der Waals surface area contributed by atoms with Crippen LogP contribution < -0.4 is 5.73 Å². The smallest absolute Gasteiger partial charge is 0.266 e. The van der Waals surface area contributed by atoms with Crippen molar-refractivity contribution < 1.29 is 9.21 Å². The van der Waals surface area contributed by atoms with Gasteiger partial charge < -0.3 is 15.1 Å². The molecule has 1 aliphatic heterocycles. The van der Waals surface area contributed by atoms with E-state index in [4.69, 9.17) is 10.2 Å². The Balaban J connectivity index is 1.54. The number of piperidine rings is 1. The van der Waals surface area contributed by atoms with Crippen LogP contribution in [0.25, 0.3) is 32.7 Å². The maximum absolute atomic E-state index is 12.8. The maximum atomic E-state index is 12.8. The molecule has 1 saturated heterocycles. The van der Waals surface area contributed by atoms with Crippen LogP contribution >= 0.6 is 11.3 Å². The van der Waals surface area contributed by atoms with Crippen molar-refractivity contribution in [1.29, 1.82) is 0 Å². The van der Waals surface area contributed by atoms with E-state index >= 15 is 0 Å². The predicted molar refractivity (Wildman–Crippen MR) is 105 cm³/mol. The van der Waals surface area contributed by atoms with Gasteiger partial charge in [0.25, 0.3) is 5.91 Å². The van der Waals surface area contributed by atoms with Crippen molar-refractivity contribution in [2.45, 2.75) is 19.3 Å². The Bertz CT molecular complexity index is 1160. The van der Waals surface area contributed by atoms with E-state index in [1.54, 1.807) is 6.20 Å². The summed E-state index contributed by atoms with van der Waals surface area (Å²) < 4.78 is 5.36. The number of hydrogen-bond donors (Lipinski definition) is 1. The molecule has 7 nitrogen and oxygen atoms in total. The number of carbonyl (C=O) groups is 1. The van der Waals surface area contributed by atoms with Crippen LogP contribution in [0, 0.1) is 0 Å². The Morgan fingerprint density at radius 3 is 2.89 bits per heavy atom. The van der Waals surface area contributed by atoms with E-state index in [0.29, 0.717) is 32.2 Å². The van der Waals surface area contributed by atoms with Crippen LogP contribution in [0.5, 0.6) is 0 Å². The number of hydrogen-bond acceptors (Lipinski definition) is 7. The number of rotatable bonds is 2. The van der Waals surface area contributed by atoms with E-state index in [1.165, 1.54) is 24.2 Å². The summed E-state index contributed by atoms with van der Waals surface area (Å²) in [5.74, 6) is -0.0124. The van der Waals surface area contributed by atoms with Gasteiger partial charge >= 0.3 is 0 Å². The van der Waals surface area contributed by atoms with Gasteiger partial charge in [0.15, 0.2) is 12.0 Å². The molecular weight excluding hydrogens is 362 g/mol. The SMILES string of the molecule is Nc1c(C(=O)N2CCCCC2)sc2nc(-c3ccc4ncoc4c3)cnc12. The van der Waals surface area contributed by atoms with Gasteiger partial charge in [-0.25, -0.2) is 15.0 Å². The van der Waals surface area contributed by atoms with Gasteiger partial charge in [0.05, 0.1) is 17.6 Å². The molecule has 3 aromatic heterocycles. The molecule has 8 heteroatoms. The average Bonchev–Trinajstić information content (AvgIpc) is 3.31. The molecule has 0 aliphatic carbocycles. The number of aromatic nitrogens is 3. The number of fused-ring (bicyclic) bond motifs is 2. The second kappa shape index (κ2) is 6.31. The van der Waals surface area contributed by atoms with Crippen molar-refractivity contribution in [1.82, 2.24) is 19.9 Å². The normalized spacial score (nSPS) is 14.9. The van der Waals surface area contributed by atoms with Crippen LogP contribution in [0.1, 0.15) is 28.9 Å². The van der Waals surface area contributed by atoms with Crippen molar-refractivity contribution in [3.8, 4) is 11.3 Å². The van der Waals surface area contributed by atoms with E-state index < -0.39 is 0 Å². The van der Waals surface area contributed by atoms with Gasteiger partial charge in [0, 0.05) is 18.7 Å². The molecule has 1 amide bonds. The minimum Gasteiger partial charge on any atom is -0.443 e. The molecule has 5 rings (SSSR count). The van der Waals surface area contributed by atoms with Crippen molar-refractivity contribution in [3.05, 3.63) is 35.7 Å². The van der Waals surface area contributed by atoms with Gasteiger partial charge in [-0.15, -0.1) is 11.3 Å². The number of oxazole rings is 1. The molecule has 0 saturated carbocycles. The van der Waals surface area contributed by atoms with Crippen molar-refractivity contribution >= 4 is 44.4 Å². The number of nitrogens with zero attached hydrogens (tertiary/aromatic N) is 4. The Hall–Kier alpha value is -3.00. The van der Waals surface area contributed by atoms with Gasteiger partial charge in [-0.3, -0.25) is 4.79 Å². The largest absolute Gasteiger partial charge is 0.443 e. The first-order chi connectivity index (χ1) is 13.2. The van der Waals surface area contributed by atoms with Gasteiger partial charge in [-0.2, -0.15) is 0 Å². The van der Waals surface area contributed by atoms with E-state index in [9.17, 15) is 4.79 Å². The third kappa shape index (κ3) is 2.73. The van der Waals surface area contributed by atoms with Crippen LogP contribution in [-0.4, -0.2) is 38.8 Å².